The van der Waals surface area contributed by atoms with Crippen molar-refractivity contribution in [2.75, 3.05) is 0 Å². The summed E-state index contributed by atoms with van der Waals surface area (Å²) in [6, 6.07) is 0.922. The Bertz CT molecular complexity index is 208. The van der Waals surface area contributed by atoms with E-state index in [2.05, 4.69) is 26.2 Å². The molecule has 0 aromatic rings. The van der Waals surface area contributed by atoms with Crippen molar-refractivity contribution in [3.63, 3.8) is 0 Å². The van der Waals surface area contributed by atoms with Gasteiger partial charge in [-0.15, -0.1) is 0 Å². The molecule has 0 spiro atoms. The van der Waals surface area contributed by atoms with Crippen LogP contribution in [0.1, 0.15) is 13.8 Å². The lowest BCUT2D eigenvalue weighted by molar-refractivity contribution is 0.639. The molecule has 0 heterocycles. The Morgan fingerprint density at radius 2 is 1.67 bits per heavy atom. The molecule has 70 valence electrons. The smallest absolute Gasteiger partial charge is 0.124 e. The molecule has 0 N–H and O–H groups in total. The minimum Gasteiger partial charge on any atom is -0.207 e. The molecule has 0 aliphatic heterocycles. The third kappa shape index (κ3) is 4.49. The van der Waals surface area contributed by atoms with E-state index in [9.17, 15) is 4.39 Å². The molecule has 0 unspecified atom stereocenters. The Balaban J connectivity index is 4.49. The van der Waals surface area contributed by atoms with Gasteiger partial charge in [0.2, 0.25) is 0 Å². The summed E-state index contributed by atoms with van der Waals surface area (Å²) in [5, 5.41) is 0. The van der Waals surface area contributed by atoms with Gasteiger partial charge in [-0.1, -0.05) is 26.2 Å². The van der Waals surface area contributed by atoms with E-state index in [0.29, 0.717) is 5.57 Å². The summed E-state index contributed by atoms with van der Waals surface area (Å²) in [4.78, 5) is 0. The molecule has 0 aliphatic rings. The second kappa shape index (κ2) is 4.03. The molecule has 2 heteroatoms. The van der Waals surface area contributed by atoms with E-state index < -0.39 is 8.07 Å². The van der Waals surface area contributed by atoms with Crippen LogP contribution in [-0.4, -0.2) is 8.07 Å². The number of allylic oxidation sites excluding steroid dienone is 3. The number of hydrogen-bond donors (Lipinski definition) is 0. The fourth-order valence-corrected chi connectivity index (χ4v) is 2.98. The van der Waals surface area contributed by atoms with Gasteiger partial charge in [0.15, 0.2) is 0 Å². The standard InChI is InChI=1S/C10H19FSi/c1-8(2)10(11)9(3)7-12(4,5)6/h1,7H2,2-6H3/b10-9-. The van der Waals surface area contributed by atoms with Gasteiger partial charge >= 0.3 is 0 Å². The molecule has 0 fully saturated rings. The van der Waals surface area contributed by atoms with Crippen LogP contribution < -0.4 is 0 Å². The van der Waals surface area contributed by atoms with Crippen molar-refractivity contribution in [2.24, 2.45) is 0 Å². The molecule has 0 amide bonds. The van der Waals surface area contributed by atoms with Crippen LogP contribution in [0, 0.1) is 0 Å². The Labute approximate surface area is 76.2 Å². The second-order valence-corrected chi connectivity index (χ2v) is 10.1. The first-order valence-electron chi connectivity index (χ1n) is 4.25. The molecule has 0 radical (unpaired) electrons. The van der Waals surface area contributed by atoms with Crippen molar-refractivity contribution in [2.45, 2.75) is 39.5 Å². The van der Waals surface area contributed by atoms with E-state index in [0.717, 1.165) is 11.6 Å². The minimum atomic E-state index is -1.17. The quantitative estimate of drug-likeness (QED) is 0.459. The Morgan fingerprint density at radius 3 is 1.92 bits per heavy atom. The highest BCUT2D eigenvalue weighted by Crippen LogP contribution is 2.22. The molecular formula is C10H19FSi. The van der Waals surface area contributed by atoms with Gasteiger partial charge in [-0.2, -0.15) is 0 Å². The van der Waals surface area contributed by atoms with Crippen molar-refractivity contribution < 1.29 is 4.39 Å². The van der Waals surface area contributed by atoms with Crippen molar-refractivity contribution in [3.05, 3.63) is 23.6 Å². The van der Waals surface area contributed by atoms with E-state index in [-0.39, 0.29) is 5.83 Å². The van der Waals surface area contributed by atoms with Crippen LogP contribution in [-0.2, 0) is 0 Å². The fraction of sp³-hybridized carbons (Fsp3) is 0.600. The molecule has 12 heavy (non-hydrogen) atoms. The number of halogens is 1. The van der Waals surface area contributed by atoms with Crippen molar-refractivity contribution >= 4 is 8.07 Å². The van der Waals surface area contributed by atoms with Gasteiger partial charge in [0.1, 0.15) is 5.83 Å². The number of hydrogen-bond acceptors (Lipinski definition) is 0. The summed E-state index contributed by atoms with van der Waals surface area (Å²) in [5.74, 6) is -0.0996. The minimum absolute atomic E-state index is 0.0996. The van der Waals surface area contributed by atoms with Crippen LogP contribution in [0.2, 0.25) is 25.7 Å². The predicted molar refractivity (Wildman–Crippen MR) is 56.8 cm³/mol. The molecule has 0 bridgehead atoms. The lowest BCUT2D eigenvalue weighted by Gasteiger charge is -2.16. The zero-order valence-corrected chi connectivity index (χ0v) is 9.79. The highest BCUT2D eigenvalue weighted by molar-refractivity contribution is 6.76. The van der Waals surface area contributed by atoms with E-state index in [1.165, 1.54) is 0 Å². The molecule has 0 atom stereocenters. The maximum atomic E-state index is 13.3. The fourth-order valence-electron chi connectivity index (χ4n) is 1.24. The van der Waals surface area contributed by atoms with Crippen LogP contribution in [0.4, 0.5) is 4.39 Å². The molecule has 0 aliphatic carbocycles. The average Bonchev–Trinajstić information content (AvgIpc) is 1.82. The lowest BCUT2D eigenvalue weighted by atomic mass is 10.2. The summed E-state index contributed by atoms with van der Waals surface area (Å²) < 4.78 is 13.3. The van der Waals surface area contributed by atoms with Gasteiger partial charge in [-0.25, -0.2) is 4.39 Å². The Morgan fingerprint density at radius 1 is 1.25 bits per heavy atom. The van der Waals surface area contributed by atoms with E-state index in [1.54, 1.807) is 6.92 Å². The van der Waals surface area contributed by atoms with E-state index >= 15 is 0 Å². The summed E-state index contributed by atoms with van der Waals surface area (Å²) in [6.45, 7) is 13.9. The molecule has 0 aromatic carbocycles. The monoisotopic (exact) mass is 186 g/mol. The van der Waals surface area contributed by atoms with Gasteiger partial charge in [0.25, 0.3) is 0 Å². The molecule has 0 saturated heterocycles. The van der Waals surface area contributed by atoms with Crippen molar-refractivity contribution in [3.8, 4) is 0 Å². The molecule has 0 aromatic heterocycles. The highest BCUT2D eigenvalue weighted by atomic mass is 28.3. The van der Waals surface area contributed by atoms with Gasteiger partial charge in [-0.3, -0.25) is 0 Å². The molecule has 0 nitrogen and oxygen atoms in total. The molecular weight excluding hydrogens is 167 g/mol. The largest absolute Gasteiger partial charge is 0.207 e. The third-order valence-corrected chi connectivity index (χ3v) is 3.14. The maximum absolute atomic E-state index is 13.3. The van der Waals surface area contributed by atoms with Crippen LogP contribution in [0.15, 0.2) is 23.6 Å². The van der Waals surface area contributed by atoms with Crippen LogP contribution in [0.5, 0.6) is 0 Å². The Kier molecular flexibility index (Phi) is 3.91. The topological polar surface area (TPSA) is 0 Å². The number of rotatable bonds is 3. The first-order valence-corrected chi connectivity index (χ1v) is 7.96. The first kappa shape index (κ1) is 11.6. The van der Waals surface area contributed by atoms with Gasteiger partial charge in [0, 0.05) is 8.07 Å². The Hall–Kier alpha value is -0.373. The normalized spacial score (nSPS) is 14.2. The summed E-state index contributed by atoms with van der Waals surface area (Å²) >= 11 is 0. The summed E-state index contributed by atoms with van der Waals surface area (Å²) in [6.07, 6.45) is 0. The van der Waals surface area contributed by atoms with Gasteiger partial charge < -0.3 is 0 Å². The van der Waals surface area contributed by atoms with Crippen LogP contribution >= 0.6 is 0 Å². The van der Waals surface area contributed by atoms with Crippen molar-refractivity contribution in [1.82, 2.24) is 0 Å². The van der Waals surface area contributed by atoms with Crippen molar-refractivity contribution in [1.29, 1.82) is 0 Å². The summed E-state index contributed by atoms with van der Waals surface area (Å²) in [7, 11) is -1.17. The SMILES string of the molecule is C=C(C)/C(F)=C(\C)C[Si](C)(C)C. The zero-order chi connectivity index (χ0) is 9.94. The second-order valence-electron chi connectivity index (χ2n) is 4.61. The van der Waals surface area contributed by atoms with Crippen LogP contribution in [0.3, 0.4) is 0 Å². The van der Waals surface area contributed by atoms with Gasteiger partial charge in [-0.05, 0) is 31.0 Å². The third-order valence-electron chi connectivity index (χ3n) is 1.54. The lowest BCUT2D eigenvalue weighted by Crippen LogP contribution is -2.19. The van der Waals surface area contributed by atoms with Gasteiger partial charge in [0.05, 0.1) is 0 Å². The average molecular weight is 186 g/mol. The van der Waals surface area contributed by atoms with E-state index in [4.69, 9.17) is 0 Å². The first-order chi connectivity index (χ1) is 5.24. The maximum Gasteiger partial charge on any atom is 0.124 e. The molecule has 0 saturated carbocycles. The zero-order valence-electron chi connectivity index (χ0n) is 8.79. The van der Waals surface area contributed by atoms with Crippen LogP contribution in [0.25, 0.3) is 0 Å². The molecule has 0 rings (SSSR count). The highest BCUT2D eigenvalue weighted by Gasteiger charge is 2.15. The van der Waals surface area contributed by atoms with E-state index in [1.807, 2.05) is 6.92 Å². The predicted octanol–water partition coefficient (Wildman–Crippen LogP) is 4.14. The summed E-state index contributed by atoms with van der Waals surface area (Å²) in [5.41, 5.74) is 1.41.